The molecule has 0 aromatic heterocycles. The fourth-order valence-corrected chi connectivity index (χ4v) is 2.08. The van der Waals surface area contributed by atoms with Gasteiger partial charge in [-0.2, -0.15) is 0 Å². The van der Waals surface area contributed by atoms with Crippen LogP contribution in [0, 0.1) is 5.92 Å². The predicted octanol–water partition coefficient (Wildman–Crippen LogP) is 3.26. The quantitative estimate of drug-likeness (QED) is 0.554. The molecule has 1 unspecified atom stereocenters. The van der Waals surface area contributed by atoms with Gasteiger partial charge in [-0.25, -0.2) is 0 Å². The van der Waals surface area contributed by atoms with Gasteiger partial charge in [0.05, 0.1) is 13.0 Å². The summed E-state index contributed by atoms with van der Waals surface area (Å²) in [5, 5.41) is 0. The number of carbonyl (C=O) groups excluding carboxylic acids is 2. The Labute approximate surface area is 144 Å². The Morgan fingerprint density at radius 1 is 1.28 bits per heavy atom. The number of halogens is 3. The SMILES string of the molecule is CCN(CC(C)C(=O)OC)C(=O)/C=C/c1ccccc1OC(F)(F)F. The molecule has 138 valence electrons. The topological polar surface area (TPSA) is 55.8 Å². The molecule has 1 aromatic rings. The van der Waals surface area contributed by atoms with Crippen LogP contribution in [-0.4, -0.2) is 43.3 Å². The van der Waals surface area contributed by atoms with E-state index in [4.69, 9.17) is 0 Å². The van der Waals surface area contributed by atoms with Crippen molar-refractivity contribution in [3.05, 3.63) is 35.9 Å². The second-order valence-corrected chi connectivity index (χ2v) is 5.22. The second kappa shape index (κ2) is 9.10. The van der Waals surface area contributed by atoms with E-state index in [0.29, 0.717) is 6.54 Å². The maximum atomic E-state index is 12.4. The Balaban J connectivity index is 2.86. The Morgan fingerprint density at radius 3 is 2.48 bits per heavy atom. The van der Waals surface area contributed by atoms with Gasteiger partial charge in [-0.05, 0) is 19.1 Å². The molecule has 0 aliphatic heterocycles. The van der Waals surface area contributed by atoms with Gasteiger partial charge < -0.3 is 14.4 Å². The number of alkyl halides is 3. The Kier molecular flexibility index (Phi) is 7.47. The number of benzene rings is 1. The van der Waals surface area contributed by atoms with E-state index in [2.05, 4.69) is 9.47 Å². The molecule has 0 aliphatic rings. The highest BCUT2D eigenvalue weighted by atomic mass is 19.4. The Bertz CT molecular complexity index is 629. The number of hydrogen-bond acceptors (Lipinski definition) is 4. The van der Waals surface area contributed by atoms with Crippen molar-refractivity contribution in [2.75, 3.05) is 20.2 Å². The van der Waals surface area contributed by atoms with E-state index in [0.717, 1.165) is 12.1 Å². The number of nitrogens with zero attached hydrogens (tertiary/aromatic N) is 1. The van der Waals surface area contributed by atoms with Gasteiger partial charge in [0.1, 0.15) is 5.75 Å². The Hall–Kier alpha value is -2.51. The van der Waals surface area contributed by atoms with E-state index < -0.39 is 29.9 Å². The number of para-hydroxylation sites is 1. The van der Waals surface area contributed by atoms with E-state index in [9.17, 15) is 22.8 Å². The van der Waals surface area contributed by atoms with Gasteiger partial charge in [0.15, 0.2) is 0 Å². The molecule has 0 saturated carbocycles. The second-order valence-electron chi connectivity index (χ2n) is 5.22. The summed E-state index contributed by atoms with van der Waals surface area (Å²) < 4.78 is 45.7. The van der Waals surface area contributed by atoms with E-state index in [1.807, 2.05) is 0 Å². The summed E-state index contributed by atoms with van der Waals surface area (Å²) in [6.07, 6.45) is -2.43. The third-order valence-corrected chi connectivity index (χ3v) is 3.34. The number of carbonyl (C=O) groups is 2. The number of likely N-dealkylation sites (N-methyl/N-ethyl adjacent to an activating group) is 1. The summed E-state index contributed by atoms with van der Waals surface area (Å²) >= 11 is 0. The standard InChI is InChI=1S/C17H20F3NO4/c1-4-21(11-12(2)16(23)24-3)15(22)10-9-13-7-5-6-8-14(13)25-17(18,19)20/h5-10,12H,4,11H2,1-3H3/b10-9+. The number of ether oxygens (including phenoxy) is 2. The molecule has 0 radical (unpaired) electrons. The van der Waals surface area contributed by atoms with E-state index in [1.165, 1.54) is 36.3 Å². The van der Waals surface area contributed by atoms with Crippen molar-refractivity contribution in [2.45, 2.75) is 20.2 Å². The minimum Gasteiger partial charge on any atom is -0.469 e. The molecule has 8 heteroatoms. The molecule has 0 spiro atoms. The van der Waals surface area contributed by atoms with Gasteiger partial charge >= 0.3 is 12.3 Å². The smallest absolute Gasteiger partial charge is 0.469 e. The first-order valence-electron chi connectivity index (χ1n) is 7.57. The van der Waals surface area contributed by atoms with Crippen LogP contribution in [0.2, 0.25) is 0 Å². The van der Waals surface area contributed by atoms with Crippen molar-refractivity contribution < 1.29 is 32.2 Å². The molecular formula is C17H20F3NO4. The van der Waals surface area contributed by atoms with Crippen molar-refractivity contribution in [1.29, 1.82) is 0 Å². The molecule has 25 heavy (non-hydrogen) atoms. The van der Waals surface area contributed by atoms with Crippen LogP contribution in [0.1, 0.15) is 19.4 Å². The van der Waals surface area contributed by atoms with Gasteiger partial charge in [-0.15, -0.1) is 13.2 Å². The van der Waals surface area contributed by atoms with Crippen LogP contribution < -0.4 is 4.74 Å². The molecule has 5 nitrogen and oxygen atoms in total. The summed E-state index contributed by atoms with van der Waals surface area (Å²) in [7, 11) is 1.26. The van der Waals surface area contributed by atoms with Gasteiger partial charge in [0.25, 0.3) is 0 Å². The molecule has 0 heterocycles. The van der Waals surface area contributed by atoms with E-state index in [-0.39, 0.29) is 12.1 Å². The predicted molar refractivity (Wildman–Crippen MR) is 85.6 cm³/mol. The lowest BCUT2D eigenvalue weighted by Crippen LogP contribution is -2.36. The van der Waals surface area contributed by atoms with Crippen molar-refractivity contribution in [3.8, 4) is 5.75 Å². The summed E-state index contributed by atoms with van der Waals surface area (Å²) in [5.41, 5.74) is 0.116. The lowest BCUT2D eigenvalue weighted by molar-refractivity contribution is -0.274. The number of amides is 1. The molecule has 1 atom stereocenters. The monoisotopic (exact) mass is 359 g/mol. The fourth-order valence-electron chi connectivity index (χ4n) is 2.08. The van der Waals surface area contributed by atoms with Gasteiger partial charge in [0, 0.05) is 24.7 Å². The highest BCUT2D eigenvalue weighted by molar-refractivity contribution is 5.92. The normalized spacial score (nSPS) is 12.7. The zero-order chi connectivity index (χ0) is 19.0. The molecule has 1 rings (SSSR count). The van der Waals surface area contributed by atoms with Crippen molar-refractivity contribution in [3.63, 3.8) is 0 Å². The molecule has 1 amide bonds. The fraction of sp³-hybridized carbons (Fsp3) is 0.412. The van der Waals surface area contributed by atoms with Crippen molar-refractivity contribution >= 4 is 18.0 Å². The summed E-state index contributed by atoms with van der Waals surface area (Å²) in [4.78, 5) is 25.1. The number of rotatable bonds is 7. The molecule has 0 N–H and O–H groups in total. The third kappa shape index (κ3) is 6.86. The first-order chi connectivity index (χ1) is 11.7. The highest BCUT2D eigenvalue weighted by Gasteiger charge is 2.31. The number of hydrogen-bond donors (Lipinski definition) is 0. The first kappa shape index (κ1) is 20.5. The summed E-state index contributed by atoms with van der Waals surface area (Å²) in [6.45, 7) is 3.84. The zero-order valence-electron chi connectivity index (χ0n) is 14.2. The third-order valence-electron chi connectivity index (χ3n) is 3.34. The number of methoxy groups -OCH3 is 1. The van der Waals surface area contributed by atoms with E-state index >= 15 is 0 Å². The van der Waals surface area contributed by atoms with Crippen LogP contribution in [0.3, 0.4) is 0 Å². The van der Waals surface area contributed by atoms with Crippen LogP contribution in [0.25, 0.3) is 6.08 Å². The highest BCUT2D eigenvalue weighted by Crippen LogP contribution is 2.27. The number of esters is 1. The minimum atomic E-state index is -4.82. The summed E-state index contributed by atoms with van der Waals surface area (Å²) in [6, 6.07) is 5.49. The average molecular weight is 359 g/mol. The molecule has 1 aromatic carbocycles. The van der Waals surface area contributed by atoms with Crippen LogP contribution in [0.15, 0.2) is 30.3 Å². The first-order valence-corrected chi connectivity index (χ1v) is 7.57. The molecular weight excluding hydrogens is 339 g/mol. The maximum absolute atomic E-state index is 12.4. The van der Waals surface area contributed by atoms with Crippen molar-refractivity contribution in [2.24, 2.45) is 5.92 Å². The van der Waals surface area contributed by atoms with Gasteiger partial charge in [-0.1, -0.05) is 25.1 Å². The van der Waals surface area contributed by atoms with Gasteiger partial charge in [-0.3, -0.25) is 9.59 Å². The van der Waals surface area contributed by atoms with Crippen LogP contribution in [0.5, 0.6) is 5.75 Å². The average Bonchev–Trinajstić information content (AvgIpc) is 2.56. The minimum absolute atomic E-state index is 0.116. The molecule has 0 saturated heterocycles. The lowest BCUT2D eigenvalue weighted by Gasteiger charge is -2.22. The lowest BCUT2D eigenvalue weighted by atomic mass is 10.1. The van der Waals surface area contributed by atoms with Crippen LogP contribution in [-0.2, 0) is 14.3 Å². The summed E-state index contributed by atoms with van der Waals surface area (Å²) in [5.74, 6) is -1.78. The molecule has 0 bridgehead atoms. The largest absolute Gasteiger partial charge is 0.573 e. The van der Waals surface area contributed by atoms with Gasteiger partial charge in [0.2, 0.25) is 5.91 Å². The molecule has 0 fully saturated rings. The van der Waals surface area contributed by atoms with Crippen LogP contribution >= 0.6 is 0 Å². The maximum Gasteiger partial charge on any atom is 0.573 e. The van der Waals surface area contributed by atoms with Crippen molar-refractivity contribution in [1.82, 2.24) is 4.90 Å². The van der Waals surface area contributed by atoms with E-state index in [1.54, 1.807) is 13.8 Å². The zero-order valence-corrected chi connectivity index (χ0v) is 14.2. The Morgan fingerprint density at radius 2 is 1.92 bits per heavy atom. The van der Waals surface area contributed by atoms with Crippen LogP contribution in [0.4, 0.5) is 13.2 Å². The molecule has 0 aliphatic carbocycles.